The van der Waals surface area contributed by atoms with Crippen molar-refractivity contribution in [2.45, 2.75) is 25.7 Å². The maximum Gasteiger partial charge on any atom is 0.271 e. The summed E-state index contributed by atoms with van der Waals surface area (Å²) >= 11 is 0. The molecule has 2 aliphatic rings. The highest BCUT2D eigenvalue weighted by Gasteiger charge is 2.38. The van der Waals surface area contributed by atoms with Crippen molar-refractivity contribution in [2.75, 3.05) is 0 Å². The van der Waals surface area contributed by atoms with Crippen molar-refractivity contribution >= 4 is 11.6 Å². The first-order chi connectivity index (χ1) is 8.34. The van der Waals surface area contributed by atoms with Crippen molar-refractivity contribution in [2.24, 2.45) is 16.9 Å². The SMILES string of the molecule is O=C(NN=C(C1CC1)C1CC1)c1ccncc1. The fourth-order valence-electron chi connectivity index (χ4n) is 1.96. The number of nitrogens with one attached hydrogen (secondary N) is 1. The molecule has 0 saturated heterocycles. The standard InChI is InChI=1S/C13H15N3O/c17-13(11-5-7-14-8-6-11)16-15-12(9-1-2-9)10-3-4-10/h5-10H,1-4H2,(H,16,17). The van der Waals surface area contributed by atoms with Crippen LogP contribution in [0.2, 0.25) is 0 Å². The lowest BCUT2D eigenvalue weighted by atomic mass is 10.1. The van der Waals surface area contributed by atoms with Crippen LogP contribution in [0.1, 0.15) is 36.0 Å². The van der Waals surface area contributed by atoms with E-state index < -0.39 is 0 Å². The van der Waals surface area contributed by atoms with Crippen LogP contribution in [0.15, 0.2) is 29.6 Å². The number of hydrogen-bond donors (Lipinski definition) is 1. The molecule has 17 heavy (non-hydrogen) atoms. The van der Waals surface area contributed by atoms with Crippen LogP contribution in [0, 0.1) is 11.8 Å². The lowest BCUT2D eigenvalue weighted by Crippen LogP contribution is -2.21. The van der Waals surface area contributed by atoms with Crippen molar-refractivity contribution in [3.05, 3.63) is 30.1 Å². The molecule has 0 atom stereocenters. The molecule has 1 aromatic heterocycles. The quantitative estimate of drug-likeness (QED) is 0.634. The summed E-state index contributed by atoms with van der Waals surface area (Å²) in [4.78, 5) is 15.7. The van der Waals surface area contributed by atoms with E-state index in [2.05, 4.69) is 15.5 Å². The van der Waals surface area contributed by atoms with E-state index in [-0.39, 0.29) is 5.91 Å². The summed E-state index contributed by atoms with van der Waals surface area (Å²) < 4.78 is 0. The molecule has 2 saturated carbocycles. The lowest BCUT2D eigenvalue weighted by Gasteiger charge is -2.04. The largest absolute Gasteiger partial charge is 0.271 e. The molecule has 0 aliphatic heterocycles. The molecule has 1 N–H and O–H groups in total. The van der Waals surface area contributed by atoms with Gasteiger partial charge in [0.25, 0.3) is 5.91 Å². The van der Waals surface area contributed by atoms with Gasteiger partial charge in [-0.1, -0.05) is 0 Å². The number of nitrogens with zero attached hydrogens (tertiary/aromatic N) is 2. The molecule has 3 rings (SSSR count). The van der Waals surface area contributed by atoms with Crippen molar-refractivity contribution in [3.63, 3.8) is 0 Å². The zero-order valence-electron chi connectivity index (χ0n) is 9.60. The van der Waals surface area contributed by atoms with Gasteiger partial charge in [-0.2, -0.15) is 5.10 Å². The summed E-state index contributed by atoms with van der Waals surface area (Å²) in [5, 5.41) is 4.32. The van der Waals surface area contributed by atoms with E-state index in [0.717, 1.165) is 0 Å². The molecule has 0 bridgehead atoms. The smallest absolute Gasteiger partial charge is 0.267 e. The molecule has 0 radical (unpaired) electrons. The van der Waals surface area contributed by atoms with Crippen molar-refractivity contribution in [1.82, 2.24) is 10.4 Å². The number of aromatic nitrogens is 1. The summed E-state index contributed by atoms with van der Waals surface area (Å²) in [5.74, 6) is 1.13. The molecule has 1 amide bonds. The average molecular weight is 229 g/mol. The molecule has 0 aromatic carbocycles. The Morgan fingerprint density at radius 3 is 2.29 bits per heavy atom. The van der Waals surface area contributed by atoms with Gasteiger partial charge in [-0.05, 0) is 49.7 Å². The third-order valence-electron chi connectivity index (χ3n) is 3.22. The van der Waals surface area contributed by atoms with Crippen LogP contribution in [-0.4, -0.2) is 16.6 Å². The Morgan fingerprint density at radius 2 is 1.76 bits per heavy atom. The van der Waals surface area contributed by atoms with E-state index in [9.17, 15) is 4.79 Å². The molecule has 88 valence electrons. The molecule has 4 nitrogen and oxygen atoms in total. The topological polar surface area (TPSA) is 54.4 Å². The first kappa shape index (κ1) is 10.4. The predicted molar refractivity (Wildman–Crippen MR) is 64.6 cm³/mol. The Bertz CT molecular complexity index is 433. The summed E-state index contributed by atoms with van der Waals surface area (Å²) in [6, 6.07) is 3.39. The minimum Gasteiger partial charge on any atom is -0.267 e. The van der Waals surface area contributed by atoms with Gasteiger partial charge in [-0.15, -0.1) is 0 Å². The van der Waals surface area contributed by atoms with E-state index >= 15 is 0 Å². The van der Waals surface area contributed by atoms with Gasteiger partial charge in [-0.3, -0.25) is 9.78 Å². The van der Waals surface area contributed by atoms with Gasteiger partial charge in [0.2, 0.25) is 0 Å². The highest BCUT2D eigenvalue weighted by molar-refractivity contribution is 5.97. The molecule has 2 fully saturated rings. The fourth-order valence-corrected chi connectivity index (χ4v) is 1.96. The molecular weight excluding hydrogens is 214 g/mol. The number of rotatable bonds is 4. The first-order valence-electron chi connectivity index (χ1n) is 6.12. The Kier molecular flexibility index (Phi) is 2.63. The molecular formula is C13H15N3O. The second kappa shape index (κ2) is 4.28. The average Bonchev–Trinajstić information content (AvgIpc) is 3.24. The number of hydrogen-bond acceptors (Lipinski definition) is 3. The molecule has 0 unspecified atom stereocenters. The van der Waals surface area contributed by atoms with Crippen LogP contribution in [0.4, 0.5) is 0 Å². The number of hydrazone groups is 1. The Hall–Kier alpha value is -1.71. The maximum atomic E-state index is 11.8. The van der Waals surface area contributed by atoms with Gasteiger partial charge in [0.15, 0.2) is 0 Å². The highest BCUT2D eigenvalue weighted by atomic mass is 16.2. The Morgan fingerprint density at radius 1 is 1.18 bits per heavy atom. The normalized spacial score (nSPS) is 18.6. The number of pyridine rings is 1. The van der Waals surface area contributed by atoms with Gasteiger partial charge in [0.05, 0.1) is 0 Å². The summed E-state index contributed by atoms with van der Waals surface area (Å²) in [6.45, 7) is 0. The van der Waals surface area contributed by atoms with E-state index in [0.29, 0.717) is 17.4 Å². The second-order valence-electron chi connectivity index (χ2n) is 4.76. The van der Waals surface area contributed by atoms with Gasteiger partial charge in [-0.25, -0.2) is 5.43 Å². The third-order valence-corrected chi connectivity index (χ3v) is 3.22. The molecule has 1 aromatic rings. The zero-order chi connectivity index (χ0) is 11.7. The summed E-state index contributed by atoms with van der Waals surface area (Å²) in [7, 11) is 0. The molecule has 0 spiro atoms. The first-order valence-corrected chi connectivity index (χ1v) is 6.12. The van der Waals surface area contributed by atoms with Crippen LogP contribution < -0.4 is 5.43 Å². The molecule has 1 heterocycles. The second-order valence-corrected chi connectivity index (χ2v) is 4.76. The number of carbonyl (C=O) groups excluding carboxylic acids is 1. The molecule has 4 heteroatoms. The van der Waals surface area contributed by atoms with Crippen LogP contribution in [0.25, 0.3) is 0 Å². The van der Waals surface area contributed by atoms with Gasteiger partial charge < -0.3 is 0 Å². The van der Waals surface area contributed by atoms with E-state index in [4.69, 9.17) is 0 Å². The molecule has 2 aliphatic carbocycles. The van der Waals surface area contributed by atoms with Crippen LogP contribution >= 0.6 is 0 Å². The van der Waals surface area contributed by atoms with Crippen LogP contribution in [0.5, 0.6) is 0 Å². The minimum absolute atomic E-state index is 0.147. The van der Waals surface area contributed by atoms with E-state index in [1.54, 1.807) is 24.5 Å². The van der Waals surface area contributed by atoms with Crippen LogP contribution in [-0.2, 0) is 0 Å². The van der Waals surface area contributed by atoms with E-state index in [1.165, 1.54) is 31.4 Å². The minimum atomic E-state index is -0.147. The maximum absolute atomic E-state index is 11.8. The van der Waals surface area contributed by atoms with Crippen molar-refractivity contribution < 1.29 is 4.79 Å². The van der Waals surface area contributed by atoms with E-state index in [1.807, 2.05) is 0 Å². The zero-order valence-corrected chi connectivity index (χ0v) is 9.60. The fraction of sp³-hybridized carbons (Fsp3) is 0.462. The number of carbonyl (C=O) groups is 1. The lowest BCUT2D eigenvalue weighted by molar-refractivity contribution is 0.0954. The van der Waals surface area contributed by atoms with Gasteiger partial charge in [0, 0.05) is 23.7 Å². The summed E-state index contributed by atoms with van der Waals surface area (Å²) in [6.07, 6.45) is 8.17. The predicted octanol–water partition coefficient (Wildman–Crippen LogP) is 1.99. The van der Waals surface area contributed by atoms with Crippen molar-refractivity contribution in [1.29, 1.82) is 0 Å². The Labute approximate surface area is 100 Å². The Balaban J connectivity index is 1.66. The van der Waals surface area contributed by atoms with Gasteiger partial charge in [0.1, 0.15) is 0 Å². The monoisotopic (exact) mass is 229 g/mol. The highest BCUT2D eigenvalue weighted by Crippen LogP contribution is 2.41. The summed E-state index contributed by atoms with van der Waals surface area (Å²) in [5.41, 5.74) is 4.48. The van der Waals surface area contributed by atoms with Crippen LogP contribution in [0.3, 0.4) is 0 Å². The van der Waals surface area contributed by atoms with Gasteiger partial charge >= 0.3 is 0 Å². The number of amides is 1. The third kappa shape index (κ3) is 2.52. The van der Waals surface area contributed by atoms with Crippen molar-refractivity contribution in [3.8, 4) is 0 Å².